The molecule has 2 rings (SSSR count). The molecule has 1 heterocycles. The van der Waals surface area contributed by atoms with Gasteiger partial charge in [-0.1, -0.05) is 12.1 Å². The summed E-state index contributed by atoms with van der Waals surface area (Å²) in [4.78, 5) is 11.3. The number of para-hydroxylation sites is 1. The van der Waals surface area contributed by atoms with Gasteiger partial charge in [0.1, 0.15) is 0 Å². The van der Waals surface area contributed by atoms with Crippen LogP contribution in [0.25, 0.3) is 0 Å². The number of alkyl halides is 3. The molecule has 1 aliphatic heterocycles. The number of anilines is 1. The van der Waals surface area contributed by atoms with Crippen LogP contribution in [0.5, 0.6) is 0 Å². The molecular formula is C10H9F3N2O. The Morgan fingerprint density at radius 2 is 1.94 bits per heavy atom. The standard InChI is InChI=1S/C10H9F3N2O/c11-10(12,13)7-3-1-2-4-8(7)15-9(16)5-6-14-15/h1-4,14H,5-6H2. The number of nitrogens with one attached hydrogen (secondary N) is 1. The molecule has 0 unspecified atom stereocenters. The highest BCUT2D eigenvalue weighted by atomic mass is 19.4. The number of hydrogen-bond donors (Lipinski definition) is 1. The van der Waals surface area contributed by atoms with Crippen LogP contribution < -0.4 is 10.4 Å². The minimum atomic E-state index is -4.46. The van der Waals surface area contributed by atoms with Crippen molar-refractivity contribution in [3.8, 4) is 0 Å². The number of amides is 1. The van der Waals surface area contributed by atoms with E-state index < -0.39 is 11.7 Å². The minimum absolute atomic E-state index is 0.141. The number of hydrazine groups is 1. The van der Waals surface area contributed by atoms with E-state index in [9.17, 15) is 18.0 Å². The average Bonchev–Trinajstić information content (AvgIpc) is 2.63. The van der Waals surface area contributed by atoms with Crippen molar-refractivity contribution in [3.05, 3.63) is 29.8 Å². The summed E-state index contributed by atoms with van der Waals surface area (Å²) in [7, 11) is 0. The van der Waals surface area contributed by atoms with Crippen molar-refractivity contribution in [1.29, 1.82) is 0 Å². The Morgan fingerprint density at radius 3 is 2.50 bits per heavy atom. The van der Waals surface area contributed by atoms with E-state index in [1.165, 1.54) is 18.2 Å². The number of halogens is 3. The Balaban J connectivity index is 2.44. The van der Waals surface area contributed by atoms with Gasteiger partial charge >= 0.3 is 6.18 Å². The molecule has 1 aromatic rings. The van der Waals surface area contributed by atoms with E-state index in [4.69, 9.17) is 0 Å². The zero-order chi connectivity index (χ0) is 11.8. The van der Waals surface area contributed by atoms with Crippen LogP contribution >= 0.6 is 0 Å². The van der Waals surface area contributed by atoms with Gasteiger partial charge in [0.15, 0.2) is 0 Å². The lowest BCUT2D eigenvalue weighted by molar-refractivity contribution is -0.137. The first-order chi connectivity index (χ1) is 7.50. The molecule has 0 radical (unpaired) electrons. The fraction of sp³-hybridized carbons (Fsp3) is 0.300. The van der Waals surface area contributed by atoms with Crippen LogP contribution in [0.15, 0.2) is 24.3 Å². The molecule has 0 aromatic heterocycles. The number of carbonyl (C=O) groups is 1. The normalized spacial score (nSPS) is 16.9. The topological polar surface area (TPSA) is 32.3 Å². The number of carbonyl (C=O) groups excluding carboxylic acids is 1. The van der Waals surface area contributed by atoms with Gasteiger partial charge in [0, 0.05) is 13.0 Å². The quantitative estimate of drug-likeness (QED) is 0.799. The Morgan fingerprint density at radius 1 is 1.25 bits per heavy atom. The molecule has 1 fully saturated rings. The fourth-order valence-corrected chi connectivity index (χ4v) is 1.60. The fourth-order valence-electron chi connectivity index (χ4n) is 1.60. The smallest absolute Gasteiger partial charge is 0.273 e. The zero-order valence-electron chi connectivity index (χ0n) is 8.21. The van der Waals surface area contributed by atoms with E-state index in [0.717, 1.165) is 11.1 Å². The molecular weight excluding hydrogens is 221 g/mol. The third-order valence-electron chi connectivity index (χ3n) is 2.31. The molecule has 86 valence electrons. The maximum absolute atomic E-state index is 12.7. The maximum atomic E-state index is 12.7. The number of rotatable bonds is 1. The van der Waals surface area contributed by atoms with Crippen LogP contribution in [0.3, 0.4) is 0 Å². The van der Waals surface area contributed by atoms with Crippen LogP contribution in [0.1, 0.15) is 12.0 Å². The van der Waals surface area contributed by atoms with Gasteiger partial charge in [-0.25, -0.2) is 10.4 Å². The second-order valence-electron chi connectivity index (χ2n) is 3.40. The number of hydrogen-bond acceptors (Lipinski definition) is 2. The van der Waals surface area contributed by atoms with Gasteiger partial charge in [-0.15, -0.1) is 0 Å². The second kappa shape index (κ2) is 3.79. The third kappa shape index (κ3) is 1.88. The van der Waals surface area contributed by atoms with E-state index in [-0.39, 0.29) is 18.0 Å². The van der Waals surface area contributed by atoms with E-state index in [0.29, 0.717) is 6.54 Å². The van der Waals surface area contributed by atoms with Crippen molar-refractivity contribution >= 4 is 11.6 Å². The predicted octanol–water partition coefficient (Wildman–Crippen LogP) is 1.95. The molecule has 1 amide bonds. The van der Waals surface area contributed by atoms with Crippen molar-refractivity contribution in [2.75, 3.05) is 11.6 Å². The van der Waals surface area contributed by atoms with Gasteiger partial charge in [0.05, 0.1) is 11.3 Å². The van der Waals surface area contributed by atoms with E-state index in [1.54, 1.807) is 0 Å². The lowest BCUT2D eigenvalue weighted by Crippen LogP contribution is -2.35. The third-order valence-corrected chi connectivity index (χ3v) is 2.31. The van der Waals surface area contributed by atoms with Crippen molar-refractivity contribution in [2.45, 2.75) is 12.6 Å². The van der Waals surface area contributed by atoms with Crippen LogP contribution in [-0.4, -0.2) is 12.5 Å². The Labute approximate surface area is 89.8 Å². The molecule has 0 aliphatic carbocycles. The molecule has 0 atom stereocenters. The number of nitrogens with zero attached hydrogens (tertiary/aromatic N) is 1. The summed E-state index contributed by atoms with van der Waals surface area (Å²) in [5.74, 6) is -0.350. The van der Waals surface area contributed by atoms with Gasteiger partial charge in [-0.3, -0.25) is 4.79 Å². The Bertz CT molecular complexity index is 417. The van der Waals surface area contributed by atoms with Gasteiger partial charge in [-0.05, 0) is 12.1 Å². The van der Waals surface area contributed by atoms with Crippen molar-refractivity contribution < 1.29 is 18.0 Å². The highest BCUT2D eigenvalue weighted by Gasteiger charge is 2.36. The summed E-state index contributed by atoms with van der Waals surface area (Å²) in [6.45, 7) is 0.366. The van der Waals surface area contributed by atoms with Gasteiger partial charge in [-0.2, -0.15) is 13.2 Å². The summed E-state index contributed by atoms with van der Waals surface area (Å²) < 4.78 is 38.0. The van der Waals surface area contributed by atoms with Crippen LogP contribution in [-0.2, 0) is 11.0 Å². The molecule has 0 saturated carbocycles. The van der Waals surface area contributed by atoms with Gasteiger partial charge in [0.25, 0.3) is 0 Å². The SMILES string of the molecule is O=C1CCNN1c1ccccc1C(F)(F)F. The first-order valence-electron chi connectivity index (χ1n) is 4.73. The molecule has 1 aliphatic rings. The van der Waals surface area contributed by atoms with Crippen molar-refractivity contribution in [3.63, 3.8) is 0 Å². The minimum Gasteiger partial charge on any atom is -0.273 e. The second-order valence-corrected chi connectivity index (χ2v) is 3.40. The average molecular weight is 230 g/mol. The Hall–Kier alpha value is -1.56. The summed E-state index contributed by atoms with van der Waals surface area (Å²) in [5.41, 5.74) is 1.67. The summed E-state index contributed by atoms with van der Waals surface area (Å²) in [6, 6.07) is 5.01. The van der Waals surface area contributed by atoms with E-state index in [2.05, 4.69) is 5.43 Å². The van der Waals surface area contributed by atoms with E-state index in [1.807, 2.05) is 0 Å². The largest absolute Gasteiger partial charge is 0.418 e. The molecule has 1 saturated heterocycles. The Kier molecular flexibility index (Phi) is 2.59. The number of benzene rings is 1. The van der Waals surface area contributed by atoms with Gasteiger partial charge < -0.3 is 0 Å². The van der Waals surface area contributed by atoms with Crippen LogP contribution in [0, 0.1) is 0 Å². The molecule has 1 aromatic carbocycles. The first kappa shape index (κ1) is 10.9. The summed E-state index contributed by atoms with van der Waals surface area (Å²) >= 11 is 0. The lowest BCUT2D eigenvalue weighted by Gasteiger charge is -2.20. The summed E-state index contributed by atoms with van der Waals surface area (Å²) in [5, 5.41) is 0.961. The summed E-state index contributed by atoms with van der Waals surface area (Å²) in [6.07, 6.45) is -4.24. The van der Waals surface area contributed by atoms with Crippen LogP contribution in [0.4, 0.5) is 18.9 Å². The van der Waals surface area contributed by atoms with Crippen molar-refractivity contribution in [1.82, 2.24) is 5.43 Å². The predicted molar refractivity (Wildman–Crippen MR) is 51.5 cm³/mol. The first-order valence-corrected chi connectivity index (χ1v) is 4.73. The van der Waals surface area contributed by atoms with Crippen LogP contribution in [0.2, 0.25) is 0 Å². The lowest BCUT2D eigenvalue weighted by atomic mass is 10.1. The molecule has 16 heavy (non-hydrogen) atoms. The zero-order valence-corrected chi connectivity index (χ0v) is 8.21. The highest BCUT2D eigenvalue weighted by Crippen LogP contribution is 2.36. The molecule has 6 heteroatoms. The molecule has 1 N–H and O–H groups in total. The highest BCUT2D eigenvalue weighted by molar-refractivity contribution is 5.95. The molecule has 0 spiro atoms. The van der Waals surface area contributed by atoms with Crippen molar-refractivity contribution in [2.24, 2.45) is 0 Å². The molecule has 0 bridgehead atoms. The molecule has 3 nitrogen and oxygen atoms in total. The monoisotopic (exact) mass is 230 g/mol. The maximum Gasteiger partial charge on any atom is 0.418 e. The van der Waals surface area contributed by atoms with E-state index >= 15 is 0 Å². The van der Waals surface area contributed by atoms with Gasteiger partial charge in [0.2, 0.25) is 5.91 Å².